The lowest BCUT2D eigenvalue weighted by Crippen LogP contribution is -2.21. The molecule has 16 heavy (non-hydrogen) atoms. The van der Waals surface area contributed by atoms with E-state index in [0.29, 0.717) is 5.92 Å². The Labute approximate surface area is 98.5 Å². The second kappa shape index (κ2) is 5.01. The van der Waals surface area contributed by atoms with Crippen molar-refractivity contribution >= 4 is 0 Å². The third-order valence-electron chi connectivity index (χ3n) is 3.91. The standard InChI is InChI=1S/C15H22O/c1-3-11-8-9-12(4-2)14(10-11)15(16)13-6-5-7-13/h8-10,13,15-16H,3-7H2,1-2H3. The number of hydrogen-bond acceptors (Lipinski definition) is 1. The van der Waals surface area contributed by atoms with Crippen LogP contribution >= 0.6 is 0 Å². The highest BCUT2D eigenvalue weighted by Crippen LogP contribution is 2.39. The third-order valence-corrected chi connectivity index (χ3v) is 3.91. The summed E-state index contributed by atoms with van der Waals surface area (Å²) in [5, 5.41) is 10.4. The van der Waals surface area contributed by atoms with Crippen molar-refractivity contribution in [3.8, 4) is 0 Å². The molecule has 0 radical (unpaired) electrons. The second-order valence-electron chi connectivity index (χ2n) is 4.88. The van der Waals surface area contributed by atoms with E-state index in [2.05, 4.69) is 32.0 Å². The molecule has 1 saturated carbocycles. The van der Waals surface area contributed by atoms with E-state index in [1.54, 1.807) is 0 Å². The molecule has 0 amide bonds. The van der Waals surface area contributed by atoms with Gasteiger partial charge in [-0.15, -0.1) is 0 Å². The zero-order valence-corrected chi connectivity index (χ0v) is 10.4. The van der Waals surface area contributed by atoms with Gasteiger partial charge in [-0.3, -0.25) is 0 Å². The van der Waals surface area contributed by atoms with E-state index in [1.165, 1.54) is 36.0 Å². The van der Waals surface area contributed by atoms with Gasteiger partial charge < -0.3 is 5.11 Å². The first-order valence-electron chi connectivity index (χ1n) is 6.56. The highest BCUT2D eigenvalue weighted by molar-refractivity contribution is 5.34. The molecular weight excluding hydrogens is 196 g/mol. The molecule has 0 aliphatic heterocycles. The minimum atomic E-state index is -0.227. The van der Waals surface area contributed by atoms with Crippen LogP contribution in [0.25, 0.3) is 0 Å². The fraction of sp³-hybridized carbons (Fsp3) is 0.600. The average Bonchev–Trinajstić information content (AvgIpc) is 2.25. The lowest BCUT2D eigenvalue weighted by molar-refractivity contribution is 0.0614. The molecule has 0 bridgehead atoms. The molecule has 1 atom stereocenters. The molecule has 1 N–H and O–H groups in total. The molecule has 1 aromatic rings. The summed E-state index contributed by atoms with van der Waals surface area (Å²) in [7, 11) is 0. The van der Waals surface area contributed by atoms with Crippen LogP contribution in [0.2, 0.25) is 0 Å². The van der Waals surface area contributed by atoms with Crippen LogP contribution in [0.4, 0.5) is 0 Å². The highest BCUT2D eigenvalue weighted by atomic mass is 16.3. The molecule has 1 nitrogen and oxygen atoms in total. The second-order valence-corrected chi connectivity index (χ2v) is 4.88. The first kappa shape index (κ1) is 11.7. The molecule has 0 spiro atoms. The Kier molecular flexibility index (Phi) is 3.65. The van der Waals surface area contributed by atoms with Gasteiger partial charge in [0.15, 0.2) is 0 Å². The number of aliphatic hydroxyl groups excluding tert-OH is 1. The Morgan fingerprint density at radius 3 is 2.50 bits per heavy atom. The van der Waals surface area contributed by atoms with Crippen LogP contribution < -0.4 is 0 Å². The fourth-order valence-electron chi connectivity index (χ4n) is 2.47. The first-order chi connectivity index (χ1) is 7.76. The number of benzene rings is 1. The number of aryl methyl sites for hydroxylation is 2. The van der Waals surface area contributed by atoms with Gasteiger partial charge >= 0.3 is 0 Å². The zero-order chi connectivity index (χ0) is 11.5. The van der Waals surface area contributed by atoms with Crippen LogP contribution in [0.3, 0.4) is 0 Å². The average molecular weight is 218 g/mol. The molecular formula is C15H22O. The molecule has 2 rings (SSSR count). The van der Waals surface area contributed by atoms with Gasteiger partial charge in [0.2, 0.25) is 0 Å². The maximum atomic E-state index is 10.4. The summed E-state index contributed by atoms with van der Waals surface area (Å²) in [6.07, 6.45) is 5.52. The SMILES string of the molecule is CCc1ccc(CC)c(C(O)C2CCC2)c1. The maximum Gasteiger partial charge on any atom is 0.0820 e. The topological polar surface area (TPSA) is 20.2 Å². The summed E-state index contributed by atoms with van der Waals surface area (Å²) >= 11 is 0. The summed E-state index contributed by atoms with van der Waals surface area (Å²) in [4.78, 5) is 0. The van der Waals surface area contributed by atoms with E-state index in [-0.39, 0.29) is 6.10 Å². The van der Waals surface area contributed by atoms with Crippen LogP contribution in [-0.2, 0) is 12.8 Å². The van der Waals surface area contributed by atoms with Gasteiger partial charge in [-0.25, -0.2) is 0 Å². The van der Waals surface area contributed by atoms with Crippen molar-refractivity contribution in [1.29, 1.82) is 0 Å². The molecule has 88 valence electrons. The van der Waals surface area contributed by atoms with Gasteiger partial charge in [0.1, 0.15) is 0 Å². The van der Waals surface area contributed by atoms with Gasteiger partial charge in [0, 0.05) is 0 Å². The molecule has 0 aromatic heterocycles. The van der Waals surface area contributed by atoms with E-state index in [4.69, 9.17) is 0 Å². The van der Waals surface area contributed by atoms with Gasteiger partial charge in [0.05, 0.1) is 6.10 Å². The van der Waals surface area contributed by atoms with Crippen molar-refractivity contribution in [2.75, 3.05) is 0 Å². The number of aliphatic hydroxyl groups is 1. The number of hydrogen-bond donors (Lipinski definition) is 1. The Bertz CT molecular complexity index is 352. The Morgan fingerprint density at radius 2 is 2.00 bits per heavy atom. The predicted octanol–water partition coefficient (Wildman–Crippen LogP) is 3.64. The van der Waals surface area contributed by atoms with Gasteiger partial charge in [0.25, 0.3) is 0 Å². The summed E-state index contributed by atoms with van der Waals surface area (Å²) in [6.45, 7) is 4.33. The van der Waals surface area contributed by atoms with Crippen LogP contribution in [0, 0.1) is 5.92 Å². The van der Waals surface area contributed by atoms with Crippen molar-refractivity contribution < 1.29 is 5.11 Å². The molecule has 0 heterocycles. The van der Waals surface area contributed by atoms with E-state index in [0.717, 1.165) is 12.8 Å². The Hall–Kier alpha value is -0.820. The minimum Gasteiger partial charge on any atom is -0.388 e. The summed E-state index contributed by atoms with van der Waals surface area (Å²) in [5.41, 5.74) is 3.84. The molecule has 1 heteroatoms. The normalized spacial score (nSPS) is 18.2. The van der Waals surface area contributed by atoms with Crippen molar-refractivity contribution in [3.05, 3.63) is 34.9 Å². The Balaban J connectivity index is 2.27. The lowest BCUT2D eigenvalue weighted by atomic mass is 9.77. The molecule has 1 aliphatic rings. The number of rotatable bonds is 4. The van der Waals surface area contributed by atoms with Crippen LogP contribution in [0.5, 0.6) is 0 Å². The van der Waals surface area contributed by atoms with Crippen LogP contribution in [0.15, 0.2) is 18.2 Å². The van der Waals surface area contributed by atoms with E-state index in [9.17, 15) is 5.11 Å². The molecule has 1 aliphatic carbocycles. The van der Waals surface area contributed by atoms with E-state index < -0.39 is 0 Å². The molecule has 0 saturated heterocycles. The van der Waals surface area contributed by atoms with Crippen molar-refractivity contribution in [1.82, 2.24) is 0 Å². The first-order valence-corrected chi connectivity index (χ1v) is 6.56. The predicted molar refractivity (Wildman–Crippen MR) is 67.5 cm³/mol. The molecule has 1 fully saturated rings. The summed E-state index contributed by atoms with van der Waals surface area (Å²) in [6, 6.07) is 6.59. The van der Waals surface area contributed by atoms with Crippen LogP contribution in [-0.4, -0.2) is 5.11 Å². The van der Waals surface area contributed by atoms with E-state index >= 15 is 0 Å². The largest absolute Gasteiger partial charge is 0.388 e. The smallest absolute Gasteiger partial charge is 0.0820 e. The Morgan fingerprint density at radius 1 is 1.25 bits per heavy atom. The molecule has 1 unspecified atom stereocenters. The summed E-state index contributed by atoms with van der Waals surface area (Å²) in [5.74, 6) is 0.511. The quantitative estimate of drug-likeness (QED) is 0.818. The lowest BCUT2D eigenvalue weighted by Gasteiger charge is -2.31. The van der Waals surface area contributed by atoms with Crippen molar-refractivity contribution in [3.63, 3.8) is 0 Å². The minimum absolute atomic E-state index is 0.227. The maximum absolute atomic E-state index is 10.4. The zero-order valence-electron chi connectivity index (χ0n) is 10.4. The fourth-order valence-corrected chi connectivity index (χ4v) is 2.47. The van der Waals surface area contributed by atoms with Gasteiger partial charge in [-0.2, -0.15) is 0 Å². The van der Waals surface area contributed by atoms with Gasteiger partial charge in [-0.1, -0.05) is 38.5 Å². The van der Waals surface area contributed by atoms with Crippen molar-refractivity contribution in [2.24, 2.45) is 5.92 Å². The molecule has 1 aromatic carbocycles. The van der Waals surface area contributed by atoms with Crippen molar-refractivity contribution in [2.45, 2.75) is 52.1 Å². The van der Waals surface area contributed by atoms with Gasteiger partial charge in [-0.05, 0) is 48.3 Å². The van der Waals surface area contributed by atoms with E-state index in [1.807, 2.05) is 0 Å². The summed E-state index contributed by atoms with van der Waals surface area (Å²) < 4.78 is 0. The van der Waals surface area contributed by atoms with Crippen LogP contribution in [0.1, 0.15) is 55.9 Å². The third kappa shape index (κ3) is 2.15. The highest BCUT2D eigenvalue weighted by Gasteiger charge is 2.27. The monoisotopic (exact) mass is 218 g/mol.